The van der Waals surface area contributed by atoms with Gasteiger partial charge in [-0.2, -0.15) is 0 Å². The lowest BCUT2D eigenvalue weighted by molar-refractivity contribution is -0.123. The highest BCUT2D eigenvalue weighted by Gasteiger charge is 2.08. The molecule has 1 amide bonds. The summed E-state index contributed by atoms with van der Waals surface area (Å²) in [4.78, 5) is 23.5. The Balaban J connectivity index is 1.80. The molecular formula is C16H17NO4S. The summed E-state index contributed by atoms with van der Waals surface area (Å²) < 4.78 is 5.43. The zero-order valence-electron chi connectivity index (χ0n) is 12.4. The number of nitrogens with one attached hydrogen (secondary N) is 1. The summed E-state index contributed by atoms with van der Waals surface area (Å²) >= 11 is 1.15. The van der Waals surface area contributed by atoms with Gasteiger partial charge in [0.2, 0.25) is 0 Å². The average Bonchev–Trinajstić information content (AvgIpc) is 2.95. The van der Waals surface area contributed by atoms with Gasteiger partial charge in [-0.3, -0.25) is 4.79 Å². The van der Waals surface area contributed by atoms with Crippen molar-refractivity contribution in [2.75, 3.05) is 6.61 Å². The Morgan fingerprint density at radius 2 is 1.95 bits per heavy atom. The van der Waals surface area contributed by atoms with Crippen LogP contribution in [0.1, 0.15) is 25.7 Å². The van der Waals surface area contributed by atoms with Crippen LogP contribution in [0, 0.1) is 13.8 Å². The Morgan fingerprint density at radius 3 is 2.59 bits per heavy atom. The standard InChI is InChI=1S/C16H17NO4S/c1-10-3-4-12(7-11(10)2)21-9-15(18)17-8-13-5-6-14(22-13)16(19)20/h3-7H,8-9H2,1-2H3,(H,17,18)(H,19,20). The maximum atomic E-state index is 11.7. The number of carboxylic acid groups (broad SMARTS) is 1. The number of aromatic carboxylic acids is 1. The van der Waals surface area contributed by atoms with E-state index < -0.39 is 5.97 Å². The minimum atomic E-state index is -0.958. The van der Waals surface area contributed by atoms with E-state index in [1.807, 2.05) is 32.0 Å². The molecule has 2 rings (SSSR count). The number of rotatable bonds is 6. The third kappa shape index (κ3) is 4.33. The summed E-state index contributed by atoms with van der Waals surface area (Å²) in [6.07, 6.45) is 0. The lowest BCUT2D eigenvalue weighted by atomic mass is 10.1. The fourth-order valence-electron chi connectivity index (χ4n) is 1.78. The quantitative estimate of drug-likeness (QED) is 0.858. The first-order valence-corrected chi connectivity index (χ1v) is 7.56. The highest BCUT2D eigenvalue weighted by atomic mass is 32.1. The van der Waals surface area contributed by atoms with Gasteiger partial charge in [0, 0.05) is 4.88 Å². The van der Waals surface area contributed by atoms with Crippen molar-refractivity contribution >= 4 is 23.2 Å². The molecule has 5 nitrogen and oxygen atoms in total. The molecule has 0 fully saturated rings. The first-order chi connectivity index (χ1) is 10.5. The van der Waals surface area contributed by atoms with Crippen LogP contribution in [-0.2, 0) is 11.3 Å². The molecule has 0 saturated carbocycles. The number of hydrogen-bond acceptors (Lipinski definition) is 4. The molecule has 22 heavy (non-hydrogen) atoms. The number of aryl methyl sites for hydroxylation is 2. The molecule has 6 heteroatoms. The van der Waals surface area contributed by atoms with Gasteiger partial charge in [0.05, 0.1) is 6.54 Å². The lowest BCUT2D eigenvalue weighted by Gasteiger charge is -2.08. The molecule has 2 N–H and O–H groups in total. The third-order valence-electron chi connectivity index (χ3n) is 3.18. The molecule has 0 aliphatic carbocycles. The predicted molar refractivity (Wildman–Crippen MR) is 84.5 cm³/mol. The number of carbonyl (C=O) groups excluding carboxylic acids is 1. The Hall–Kier alpha value is -2.34. The van der Waals surface area contributed by atoms with Crippen molar-refractivity contribution < 1.29 is 19.4 Å². The van der Waals surface area contributed by atoms with Crippen LogP contribution in [0.4, 0.5) is 0 Å². The molecule has 0 unspecified atom stereocenters. The van der Waals surface area contributed by atoms with Gasteiger partial charge >= 0.3 is 5.97 Å². The monoisotopic (exact) mass is 319 g/mol. The Bertz CT molecular complexity index is 693. The fourth-order valence-corrected chi connectivity index (χ4v) is 2.56. The topological polar surface area (TPSA) is 75.6 Å². The Kier molecular flexibility index (Phi) is 5.16. The van der Waals surface area contributed by atoms with Crippen LogP contribution in [0.2, 0.25) is 0 Å². The maximum absolute atomic E-state index is 11.7. The average molecular weight is 319 g/mol. The van der Waals surface area contributed by atoms with E-state index in [9.17, 15) is 9.59 Å². The Morgan fingerprint density at radius 1 is 1.18 bits per heavy atom. The molecule has 0 aliphatic heterocycles. The van der Waals surface area contributed by atoms with Crippen LogP contribution in [-0.4, -0.2) is 23.6 Å². The fraction of sp³-hybridized carbons (Fsp3) is 0.250. The van der Waals surface area contributed by atoms with Gasteiger partial charge < -0.3 is 15.2 Å². The van der Waals surface area contributed by atoms with Crippen molar-refractivity contribution in [2.24, 2.45) is 0 Å². The van der Waals surface area contributed by atoms with Crippen molar-refractivity contribution in [3.8, 4) is 5.75 Å². The smallest absolute Gasteiger partial charge is 0.345 e. The largest absolute Gasteiger partial charge is 0.484 e. The van der Waals surface area contributed by atoms with E-state index in [2.05, 4.69) is 5.32 Å². The van der Waals surface area contributed by atoms with Crippen molar-refractivity contribution in [1.29, 1.82) is 0 Å². The maximum Gasteiger partial charge on any atom is 0.345 e. The van der Waals surface area contributed by atoms with E-state index in [1.165, 1.54) is 11.6 Å². The second-order valence-electron chi connectivity index (χ2n) is 4.88. The zero-order chi connectivity index (χ0) is 16.1. The number of carbonyl (C=O) groups is 2. The molecule has 0 saturated heterocycles. The Labute approximate surface area is 132 Å². The third-order valence-corrected chi connectivity index (χ3v) is 4.25. The first-order valence-electron chi connectivity index (χ1n) is 6.74. The number of benzene rings is 1. The number of carboxylic acids is 1. The van der Waals surface area contributed by atoms with Gasteiger partial charge in [0.1, 0.15) is 10.6 Å². The van der Waals surface area contributed by atoms with E-state index in [0.717, 1.165) is 21.8 Å². The number of amides is 1. The van der Waals surface area contributed by atoms with Gasteiger partial charge in [-0.1, -0.05) is 6.07 Å². The summed E-state index contributed by atoms with van der Waals surface area (Å²) in [5, 5.41) is 11.5. The van der Waals surface area contributed by atoms with Gasteiger partial charge in [0.15, 0.2) is 6.61 Å². The second-order valence-corrected chi connectivity index (χ2v) is 6.05. The number of ether oxygens (including phenoxy) is 1. The molecule has 0 spiro atoms. The van der Waals surface area contributed by atoms with E-state index >= 15 is 0 Å². The van der Waals surface area contributed by atoms with E-state index in [4.69, 9.17) is 9.84 Å². The van der Waals surface area contributed by atoms with E-state index in [0.29, 0.717) is 12.3 Å². The zero-order valence-corrected chi connectivity index (χ0v) is 13.2. The van der Waals surface area contributed by atoms with Crippen molar-refractivity contribution in [2.45, 2.75) is 20.4 Å². The van der Waals surface area contributed by atoms with Gasteiger partial charge in [-0.15, -0.1) is 11.3 Å². The minimum absolute atomic E-state index is 0.0698. The second kappa shape index (κ2) is 7.09. The van der Waals surface area contributed by atoms with Gasteiger partial charge in [-0.05, 0) is 49.2 Å². The van der Waals surface area contributed by atoms with Crippen molar-refractivity contribution in [3.63, 3.8) is 0 Å². The molecule has 0 bridgehead atoms. The summed E-state index contributed by atoms with van der Waals surface area (Å²) in [6.45, 7) is 4.23. The highest BCUT2D eigenvalue weighted by Crippen LogP contribution is 2.17. The molecule has 116 valence electrons. The van der Waals surface area contributed by atoms with Gasteiger partial charge in [-0.25, -0.2) is 4.79 Å². The van der Waals surface area contributed by atoms with Crippen LogP contribution < -0.4 is 10.1 Å². The van der Waals surface area contributed by atoms with Crippen LogP contribution in [0.25, 0.3) is 0 Å². The van der Waals surface area contributed by atoms with E-state index in [1.54, 1.807) is 6.07 Å². The highest BCUT2D eigenvalue weighted by molar-refractivity contribution is 7.13. The van der Waals surface area contributed by atoms with Crippen LogP contribution in [0.15, 0.2) is 30.3 Å². The van der Waals surface area contributed by atoms with Crippen LogP contribution in [0.5, 0.6) is 5.75 Å². The SMILES string of the molecule is Cc1ccc(OCC(=O)NCc2ccc(C(=O)O)s2)cc1C. The van der Waals surface area contributed by atoms with Crippen LogP contribution in [0.3, 0.4) is 0 Å². The molecule has 2 aromatic rings. The molecular weight excluding hydrogens is 302 g/mol. The number of hydrogen-bond donors (Lipinski definition) is 2. The number of thiophene rings is 1. The normalized spacial score (nSPS) is 10.3. The molecule has 1 heterocycles. The molecule has 1 aromatic carbocycles. The summed E-state index contributed by atoms with van der Waals surface area (Å²) in [5.41, 5.74) is 2.28. The summed E-state index contributed by atoms with van der Waals surface area (Å²) in [6, 6.07) is 8.88. The minimum Gasteiger partial charge on any atom is -0.484 e. The predicted octanol–water partition coefficient (Wildman–Crippen LogP) is 2.76. The van der Waals surface area contributed by atoms with Crippen LogP contribution >= 0.6 is 11.3 Å². The van der Waals surface area contributed by atoms with E-state index in [-0.39, 0.29) is 17.4 Å². The molecule has 0 radical (unpaired) electrons. The molecule has 0 atom stereocenters. The van der Waals surface area contributed by atoms with Crippen molar-refractivity contribution in [3.05, 3.63) is 51.2 Å². The molecule has 1 aromatic heterocycles. The lowest BCUT2D eigenvalue weighted by Crippen LogP contribution is -2.28. The first kappa shape index (κ1) is 16.0. The molecule has 0 aliphatic rings. The summed E-state index contributed by atoms with van der Waals surface area (Å²) in [7, 11) is 0. The van der Waals surface area contributed by atoms with Crippen molar-refractivity contribution in [1.82, 2.24) is 5.32 Å². The summed E-state index contributed by atoms with van der Waals surface area (Å²) in [5.74, 6) is -0.549. The van der Waals surface area contributed by atoms with Gasteiger partial charge in [0.25, 0.3) is 5.91 Å².